The zero-order chi connectivity index (χ0) is 23.1. The summed E-state index contributed by atoms with van der Waals surface area (Å²) >= 11 is 6.65. The number of aromatic nitrogens is 3. The number of ether oxygens (including phenoxy) is 4. The fraction of sp³-hybridized carbons (Fsp3) is 0.227. The molecular formula is C22H15ClN4O5S. The van der Waals surface area contributed by atoms with Crippen molar-refractivity contribution >= 4 is 49.6 Å². The van der Waals surface area contributed by atoms with E-state index >= 15 is 0 Å². The number of nitrogens with zero attached hydrogens (tertiary/aromatic N) is 4. The fourth-order valence-corrected chi connectivity index (χ4v) is 4.80. The molecule has 1 atom stereocenters. The van der Waals surface area contributed by atoms with Crippen molar-refractivity contribution in [2.45, 2.75) is 13.0 Å². The summed E-state index contributed by atoms with van der Waals surface area (Å²) in [6.45, 7) is 2.11. The number of nitriles is 1. The van der Waals surface area contributed by atoms with Gasteiger partial charge in [-0.3, -0.25) is 0 Å². The molecule has 0 saturated heterocycles. The molecule has 0 amide bonds. The Labute approximate surface area is 196 Å². The molecule has 0 bridgehead atoms. The summed E-state index contributed by atoms with van der Waals surface area (Å²) in [7, 11) is 1.51. The van der Waals surface area contributed by atoms with Crippen LogP contribution < -0.4 is 14.2 Å². The highest BCUT2D eigenvalue weighted by Gasteiger charge is 2.27. The van der Waals surface area contributed by atoms with Crippen LogP contribution in [0, 0.1) is 18.3 Å². The van der Waals surface area contributed by atoms with Crippen LogP contribution in [0.25, 0.3) is 31.8 Å². The number of hydrogen-bond donors (Lipinski definition) is 0. The maximum absolute atomic E-state index is 10.9. The molecule has 0 spiro atoms. The molecule has 4 aromatic rings. The van der Waals surface area contributed by atoms with Crippen LogP contribution in [0.15, 0.2) is 24.4 Å². The summed E-state index contributed by atoms with van der Waals surface area (Å²) < 4.78 is 22.7. The van der Waals surface area contributed by atoms with Gasteiger partial charge in [-0.05, 0) is 30.7 Å². The van der Waals surface area contributed by atoms with Gasteiger partial charge in [0, 0.05) is 17.2 Å². The van der Waals surface area contributed by atoms with Crippen LogP contribution >= 0.6 is 22.9 Å². The van der Waals surface area contributed by atoms with Crippen LogP contribution in [0.2, 0.25) is 0 Å². The van der Waals surface area contributed by atoms with Gasteiger partial charge in [0.2, 0.25) is 5.88 Å². The smallest absolute Gasteiger partial charge is 0.403 e. The molecule has 11 heteroatoms. The van der Waals surface area contributed by atoms with E-state index in [9.17, 15) is 10.1 Å². The summed E-state index contributed by atoms with van der Waals surface area (Å²) in [6, 6.07) is 7.42. The van der Waals surface area contributed by atoms with Gasteiger partial charge in [-0.1, -0.05) is 0 Å². The summed E-state index contributed by atoms with van der Waals surface area (Å²) in [5, 5.41) is 10.2. The van der Waals surface area contributed by atoms with Crippen LogP contribution in [0.4, 0.5) is 4.79 Å². The Morgan fingerprint density at radius 2 is 2.18 bits per heavy atom. The van der Waals surface area contributed by atoms with Crippen molar-refractivity contribution in [2.75, 3.05) is 20.3 Å². The fourth-order valence-electron chi connectivity index (χ4n) is 3.59. The zero-order valence-corrected chi connectivity index (χ0v) is 19.0. The third-order valence-electron chi connectivity index (χ3n) is 5.06. The third-order valence-corrected chi connectivity index (χ3v) is 6.26. The summed E-state index contributed by atoms with van der Waals surface area (Å²) in [6.07, 6.45) is 1.06. The largest absolute Gasteiger partial charge is 0.484 e. The van der Waals surface area contributed by atoms with E-state index in [1.165, 1.54) is 24.6 Å². The number of thiazole rings is 1. The highest BCUT2D eigenvalue weighted by atomic mass is 35.5. The second-order valence-electron chi connectivity index (χ2n) is 7.23. The first-order valence-corrected chi connectivity index (χ1v) is 11.0. The molecule has 9 nitrogen and oxygen atoms in total. The molecule has 1 aliphatic rings. The number of fused-ring (bicyclic) bond motifs is 4. The predicted octanol–water partition coefficient (Wildman–Crippen LogP) is 4.61. The molecule has 3 heterocycles. The minimum atomic E-state index is -0.893. The number of aryl methyl sites for hydroxylation is 1. The molecule has 5 rings (SSSR count). The second kappa shape index (κ2) is 8.35. The van der Waals surface area contributed by atoms with E-state index in [1.807, 2.05) is 13.0 Å². The molecule has 1 aliphatic heterocycles. The van der Waals surface area contributed by atoms with Crippen molar-refractivity contribution < 1.29 is 23.7 Å². The van der Waals surface area contributed by atoms with E-state index in [0.717, 1.165) is 15.8 Å². The summed E-state index contributed by atoms with van der Waals surface area (Å²) in [5.74, 6) is 1.47. The first kappa shape index (κ1) is 21.2. The average molecular weight is 483 g/mol. The lowest BCUT2D eigenvalue weighted by Gasteiger charge is -2.26. The lowest BCUT2D eigenvalue weighted by molar-refractivity contribution is 0.0412. The van der Waals surface area contributed by atoms with Crippen LogP contribution in [-0.2, 0) is 4.74 Å². The Morgan fingerprint density at radius 1 is 1.33 bits per heavy atom. The Balaban J connectivity index is 1.62. The number of methoxy groups -OCH3 is 1. The molecule has 2 aromatic heterocycles. The number of rotatable bonds is 4. The van der Waals surface area contributed by atoms with Gasteiger partial charge >= 0.3 is 5.43 Å². The highest BCUT2D eigenvalue weighted by molar-refractivity contribution is 7.22. The zero-order valence-electron chi connectivity index (χ0n) is 17.4. The second-order valence-corrected chi connectivity index (χ2v) is 8.54. The van der Waals surface area contributed by atoms with Crippen molar-refractivity contribution in [1.29, 1.82) is 5.26 Å². The maximum atomic E-state index is 10.9. The summed E-state index contributed by atoms with van der Waals surface area (Å²) in [5.41, 5.74) is 3.04. The lowest BCUT2D eigenvalue weighted by atomic mass is 10.1. The molecule has 166 valence electrons. The van der Waals surface area contributed by atoms with E-state index in [0.29, 0.717) is 44.5 Å². The first-order chi connectivity index (χ1) is 16.0. The molecular weight excluding hydrogens is 468 g/mol. The van der Waals surface area contributed by atoms with E-state index in [-0.39, 0.29) is 13.2 Å². The average Bonchev–Trinajstić information content (AvgIpc) is 3.27. The van der Waals surface area contributed by atoms with Gasteiger partial charge in [-0.25, -0.2) is 19.7 Å². The topological polar surface area (TPSA) is 116 Å². The number of carbonyl (C=O) groups is 1. The highest BCUT2D eigenvalue weighted by Crippen LogP contribution is 2.46. The first-order valence-electron chi connectivity index (χ1n) is 9.78. The van der Waals surface area contributed by atoms with E-state index in [1.54, 1.807) is 12.1 Å². The number of benzene rings is 2. The van der Waals surface area contributed by atoms with E-state index < -0.39 is 11.5 Å². The van der Waals surface area contributed by atoms with Crippen molar-refractivity contribution in [2.24, 2.45) is 0 Å². The monoisotopic (exact) mass is 482 g/mol. The number of halogens is 1. The van der Waals surface area contributed by atoms with Gasteiger partial charge in [0.05, 0.1) is 41.5 Å². The molecule has 33 heavy (non-hydrogen) atoms. The Morgan fingerprint density at radius 3 is 2.94 bits per heavy atom. The van der Waals surface area contributed by atoms with Gasteiger partial charge in [0.1, 0.15) is 22.9 Å². The van der Waals surface area contributed by atoms with Gasteiger partial charge in [0.25, 0.3) is 0 Å². The SMILES string of the molecule is COc1cnc2c(-c3nc4c(C)cc5c(c4s3)OC[C@H](COC(=O)Cl)O5)cc(C#N)cc2n1. The van der Waals surface area contributed by atoms with Crippen LogP contribution in [0.3, 0.4) is 0 Å². The quantitative estimate of drug-likeness (QED) is 0.384. The predicted molar refractivity (Wildman–Crippen MR) is 121 cm³/mol. The standard InChI is InChI=1S/C22H15ClN4O5S/c1-10-3-15-19(30-8-12(32-15)9-31-22(23)28)20-17(10)27-21(33-20)13-4-11(6-24)5-14-18(13)25-7-16(26-14)29-2/h3-5,7,12H,8-9H2,1-2H3/t12-/m1/s1. The molecule has 0 N–H and O–H groups in total. The molecule has 0 saturated carbocycles. The minimum Gasteiger partial charge on any atom is -0.484 e. The third kappa shape index (κ3) is 3.86. The van der Waals surface area contributed by atoms with Crippen molar-refractivity contribution in [3.63, 3.8) is 0 Å². The Bertz CT molecular complexity index is 1470. The Kier molecular flexibility index (Phi) is 5.36. The van der Waals surface area contributed by atoms with Gasteiger partial charge in [0.15, 0.2) is 17.6 Å². The van der Waals surface area contributed by atoms with Crippen LogP contribution in [-0.4, -0.2) is 46.8 Å². The van der Waals surface area contributed by atoms with Crippen LogP contribution in [0.5, 0.6) is 17.4 Å². The minimum absolute atomic E-state index is 0.0120. The maximum Gasteiger partial charge on any atom is 0.403 e. The number of hydrogen-bond acceptors (Lipinski definition) is 10. The lowest BCUT2D eigenvalue weighted by Crippen LogP contribution is -2.33. The Hall–Kier alpha value is -3.68. The van der Waals surface area contributed by atoms with Gasteiger partial charge in [-0.15, -0.1) is 11.3 Å². The molecule has 0 radical (unpaired) electrons. The molecule has 0 unspecified atom stereocenters. The summed E-state index contributed by atoms with van der Waals surface area (Å²) in [4.78, 5) is 24.6. The molecule has 0 aliphatic carbocycles. The normalized spacial score (nSPS) is 14.8. The molecule has 0 fully saturated rings. The van der Waals surface area contributed by atoms with Crippen molar-refractivity contribution in [3.8, 4) is 34.0 Å². The van der Waals surface area contributed by atoms with Crippen molar-refractivity contribution in [3.05, 3.63) is 35.5 Å². The number of carbonyl (C=O) groups excluding carboxylic acids is 1. The van der Waals surface area contributed by atoms with E-state index in [4.69, 9.17) is 35.5 Å². The van der Waals surface area contributed by atoms with Crippen molar-refractivity contribution in [1.82, 2.24) is 15.0 Å². The van der Waals surface area contributed by atoms with Gasteiger partial charge < -0.3 is 18.9 Å². The van der Waals surface area contributed by atoms with E-state index in [2.05, 4.69) is 16.0 Å². The van der Waals surface area contributed by atoms with Gasteiger partial charge in [-0.2, -0.15) is 5.26 Å². The molecule has 2 aromatic carbocycles. The van der Waals surface area contributed by atoms with Crippen LogP contribution in [0.1, 0.15) is 11.1 Å².